The largest absolute Gasteiger partial charge is 0.479 e. The number of benzene rings is 1. The predicted molar refractivity (Wildman–Crippen MR) is 85.6 cm³/mol. The van der Waals surface area contributed by atoms with E-state index in [1.165, 1.54) is 11.3 Å². The maximum Gasteiger partial charge on any atom is 0.266 e. The van der Waals surface area contributed by atoms with Crippen molar-refractivity contribution in [2.75, 3.05) is 6.54 Å². The Balaban J connectivity index is 1.73. The van der Waals surface area contributed by atoms with Crippen LogP contribution in [0.4, 0.5) is 0 Å². The van der Waals surface area contributed by atoms with Crippen LogP contribution < -0.4 is 20.2 Å². The van der Waals surface area contributed by atoms with E-state index in [4.69, 9.17) is 10.5 Å². The van der Waals surface area contributed by atoms with Crippen molar-refractivity contribution in [1.82, 2.24) is 4.90 Å². The first-order chi connectivity index (χ1) is 10.7. The van der Waals surface area contributed by atoms with Gasteiger partial charge in [-0.25, -0.2) is 4.99 Å². The molecule has 2 N–H and O–H groups in total. The lowest BCUT2D eigenvalue weighted by molar-refractivity contribution is -0.113. The molecule has 4 rings (SSSR count). The van der Waals surface area contributed by atoms with E-state index >= 15 is 0 Å². The van der Waals surface area contributed by atoms with Crippen molar-refractivity contribution in [1.29, 1.82) is 0 Å². The summed E-state index contributed by atoms with van der Waals surface area (Å²) in [6.45, 7) is 1.09. The molecule has 0 saturated heterocycles. The second-order valence-corrected chi connectivity index (χ2v) is 6.13. The lowest BCUT2D eigenvalue weighted by atomic mass is 10.2. The normalized spacial score (nSPS) is 15.2. The smallest absolute Gasteiger partial charge is 0.266 e. The second-order valence-electron chi connectivity index (χ2n) is 5.11. The molecule has 2 aromatic rings. The number of primary amides is 1. The predicted octanol–water partition coefficient (Wildman–Crippen LogP) is 0.386. The molecule has 2 aliphatic heterocycles. The highest BCUT2D eigenvalue weighted by molar-refractivity contribution is 7.12. The zero-order valence-corrected chi connectivity index (χ0v) is 12.5. The lowest BCUT2D eigenvalue weighted by Crippen LogP contribution is -2.41. The number of hydrogen-bond acceptors (Lipinski definition) is 5. The van der Waals surface area contributed by atoms with E-state index < -0.39 is 5.91 Å². The van der Waals surface area contributed by atoms with Crippen LogP contribution >= 0.6 is 11.3 Å². The fourth-order valence-corrected chi connectivity index (χ4v) is 3.71. The van der Waals surface area contributed by atoms with Gasteiger partial charge in [-0.1, -0.05) is 41.7 Å². The molecule has 0 radical (unpaired) electrons. The minimum atomic E-state index is -0.440. The van der Waals surface area contributed by atoms with Crippen molar-refractivity contribution in [2.24, 2.45) is 10.7 Å². The van der Waals surface area contributed by atoms with Crippen LogP contribution in [0.5, 0.6) is 5.06 Å². The Hall–Kier alpha value is -2.60. The van der Waals surface area contributed by atoms with Gasteiger partial charge in [0.2, 0.25) is 0 Å². The van der Waals surface area contributed by atoms with E-state index in [0.717, 1.165) is 26.1 Å². The monoisotopic (exact) mass is 311 g/mol. The average molecular weight is 311 g/mol. The van der Waals surface area contributed by atoms with Gasteiger partial charge in [0.05, 0.1) is 23.1 Å². The third-order valence-corrected chi connectivity index (χ3v) is 4.71. The van der Waals surface area contributed by atoms with Gasteiger partial charge in [-0.05, 0) is 5.56 Å². The molecule has 1 amide bonds. The van der Waals surface area contributed by atoms with Gasteiger partial charge in [-0.3, -0.25) is 4.79 Å². The number of ether oxygens (including phenoxy) is 1. The second kappa shape index (κ2) is 4.99. The first-order valence-corrected chi connectivity index (χ1v) is 7.69. The Morgan fingerprint density at radius 2 is 2.18 bits per heavy atom. The zero-order valence-electron chi connectivity index (χ0n) is 11.7. The van der Waals surface area contributed by atoms with Crippen LogP contribution in [-0.2, 0) is 11.4 Å². The number of rotatable bonds is 4. The van der Waals surface area contributed by atoms with Crippen molar-refractivity contribution < 1.29 is 9.53 Å². The van der Waals surface area contributed by atoms with Gasteiger partial charge in [-0.15, -0.1) is 0 Å². The summed E-state index contributed by atoms with van der Waals surface area (Å²) in [6, 6.07) is 11.9. The molecule has 1 aromatic heterocycles. The highest BCUT2D eigenvalue weighted by Gasteiger charge is 2.26. The minimum Gasteiger partial charge on any atom is -0.479 e. The number of aliphatic imine (C=N–C) groups is 1. The number of amides is 1. The molecule has 2 aliphatic rings. The highest BCUT2D eigenvalue weighted by Crippen LogP contribution is 2.21. The molecule has 0 aliphatic carbocycles. The maximum atomic E-state index is 11.7. The topological polar surface area (TPSA) is 67.9 Å². The lowest BCUT2D eigenvalue weighted by Gasteiger charge is -2.16. The van der Waals surface area contributed by atoms with Crippen LogP contribution in [0.1, 0.15) is 5.56 Å². The van der Waals surface area contributed by atoms with E-state index in [2.05, 4.69) is 4.99 Å². The number of carbonyl (C=O) groups is 1. The van der Waals surface area contributed by atoms with Crippen LogP contribution in [0.25, 0.3) is 11.4 Å². The maximum absolute atomic E-state index is 11.7. The number of hydrogen-bond donors (Lipinski definition) is 1. The molecule has 0 fully saturated rings. The molecular weight excluding hydrogens is 298 g/mol. The van der Waals surface area contributed by atoms with E-state index in [-0.39, 0.29) is 0 Å². The van der Waals surface area contributed by atoms with Gasteiger partial charge >= 0.3 is 0 Å². The molecule has 110 valence electrons. The number of thiophene rings is 1. The molecule has 0 unspecified atom stereocenters. The standard InChI is InChI=1S/C16H13N3O2S/c17-16(20)14-15-11(12-7-19(14)9-18-12)6-13(22-15)21-8-10-4-2-1-3-5-10/h1-6,9H,7-8H2,(H2,17,20). The van der Waals surface area contributed by atoms with E-state index in [1.807, 2.05) is 36.4 Å². The molecular formula is C16H13N3O2S. The summed E-state index contributed by atoms with van der Waals surface area (Å²) in [4.78, 5) is 17.9. The summed E-state index contributed by atoms with van der Waals surface area (Å²) in [6.07, 6.45) is 1.66. The minimum absolute atomic E-state index is 0.440. The molecule has 22 heavy (non-hydrogen) atoms. The zero-order chi connectivity index (χ0) is 15.1. The van der Waals surface area contributed by atoms with E-state index in [0.29, 0.717) is 18.8 Å². The van der Waals surface area contributed by atoms with Crippen LogP contribution in [0.15, 0.2) is 41.4 Å². The van der Waals surface area contributed by atoms with Crippen molar-refractivity contribution >= 4 is 35.0 Å². The number of nitrogens with two attached hydrogens (primary N) is 1. The highest BCUT2D eigenvalue weighted by atomic mass is 32.1. The average Bonchev–Trinajstić information content (AvgIpc) is 3.12. The molecule has 0 spiro atoms. The van der Waals surface area contributed by atoms with Crippen molar-refractivity contribution in [3.8, 4) is 5.06 Å². The van der Waals surface area contributed by atoms with Crippen LogP contribution in [0.3, 0.4) is 0 Å². The quantitative estimate of drug-likeness (QED) is 0.888. The SMILES string of the molecule is NC(=O)C1=c2sc(OCc3ccccc3)cc2=C2CN1C=N2. The Morgan fingerprint density at radius 1 is 1.36 bits per heavy atom. The summed E-state index contributed by atoms with van der Waals surface area (Å²) >= 11 is 1.44. The van der Waals surface area contributed by atoms with Crippen LogP contribution in [0, 0.1) is 0 Å². The Morgan fingerprint density at radius 3 is 2.95 bits per heavy atom. The number of carbonyl (C=O) groups excluding carboxylic acids is 1. The van der Waals surface area contributed by atoms with Gasteiger partial charge in [0.1, 0.15) is 12.3 Å². The molecule has 0 saturated carbocycles. The summed E-state index contributed by atoms with van der Waals surface area (Å²) in [7, 11) is 0. The Kier molecular flexibility index (Phi) is 2.97. The van der Waals surface area contributed by atoms with Crippen molar-refractivity contribution in [3.05, 3.63) is 51.7 Å². The van der Waals surface area contributed by atoms with Gasteiger partial charge in [0.25, 0.3) is 5.91 Å². The fourth-order valence-electron chi connectivity index (χ4n) is 2.62. The summed E-state index contributed by atoms with van der Waals surface area (Å²) in [5, 5.41) is 1.72. The molecule has 3 heterocycles. The molecule has 0 atom stereocenters. The molecule has 6 heteroatoms. The van der Waals surface area contributed by atoms with Crippen molar-refractivity contribution in [3.63, 3.8) is 0 Å². The Bertz CT molecular complexity index is 899. The van der Waals surface area contributed by atoms with Crippen LogP contribution in [0.2, 0.25) is 0 Å². The van der Waals surface area contributed by atoms with Gasteiger partial charge in [-0.2, -0.15) is 0 Å². The number of nitrogens with zero attached hydrogens (tertiary/aromatic N) is 2. The van der Waals surface area contributed by atoms with Crippen molar-refractivity contribution in [2.45, 2.75) is 6.61 Å². The third-order valence-electron chi connectivity index (χ3n) is 3.65. The van der Waals surface area contributed by atoms with Gasteiger partial charge in [0.15, 0.2) is 5.06 Å². The summed E-state index contributed by atoms with van der Waals surface area (Å²) < 4.78 is 6.69. The number of fused-ring (bicyclic) bond motifs is 3. The molecule has 1 aromatic carbocycles. The molecule has 5 nitrogen and oxygen atoms in total. The van der Waals surface area contributed by atoms with E-state index in [1.54, 1.807) is 11.2 Å². The van der Waals surface area contributed by atoms with Gasteiger partial charge in [0, 0.05) is 11.3 Å². The molecule has 2 bridgehead atoms. The third kappa shape index (κ3) is 2.08. The van der Waals surface area contributed by atoms with Crippen LogP contribution in [-0.4, -0.2) is 23.7 Å². The first kappa shape index (κ1) is 13.1. The summed E-state index contributed by atoms with van der Waals surface area (Å²) in [5.41, 5.74) is 8.07. The summed E-state index contributed by atoms with van der Waals surface area (Å²) in [5.74, 6) is -0.440. The Labute approximate surface area is 130 Å². The van der Waals surface area contributed by atoms with Gasteiger partial charge < -0.3 is 15.4 Å². The fraction of sp³-hybridized carbons (Fsp3) is 0.125. The van der Waals surface area contributed by atoms with E-state index in [9.17, 15) is 4.79 Å². The first-order valence-electron chi connectivity index (χ1n) is 6.87.